The second-order valence-electron chi connectivity index (χ2n) is 8.33. The number of carbonyl (C=O) groups excluding carboxylic acids is 3. The van der Waals surface area contributed by atoms with Crippen LogP contribution in [0.1, 0.15) is 31.0 Å². The number of fused-ring (bicyclic) bond motifs is 1. The number of methoxy groups -OCH3 is 1. The molecule has 2 fully saturated rings. The number of ether oxygens (including phenoxy) is 2. The minimum absolute atomic E-state index is 0.0410. The number of carbonyl (C=O) groups is 3. The average molecular weight is 453 g/mol. The molecule has 0 radical (unpaired) electrons. The molecule has 2 aliphatic heterocycles. The number of hydrogen-bond donors (Lipinski definition) is 2. The number of esters is 1. The Labute approximate surface area is 192 Å². The Morgan fingerprint density at radius 1 is 1.12 bits per heavy atom. The predicted molar refractivity (Wildman–Crippen MR) is 119 cm³/mol. The third-order valence-corrected chi connectivity index (χ3v) is 6.59. The highest BCUT2D eigenvalue weighted by Gasteiger charge is 2.68. The number of amides is 2. The summed E-state index contributed by atoms with van der Waals surface area (Å²) >= 11 is 0. The van der Waals surface area contributed by atoms with Crippen molar-refractivity contribution in [2.75, 3.05) is 20.3 Å². The third-order valence-electron chi connectivity index (χ3n) is 6.59. The van der Waals surface area contributed by atoms with Gasteiger partial charge in [-0.05, 0) is 37.1 Å². The molecule has 33 heavy (non-hydrogen) atoms. The van der Waals surface area contributed by atoms with E-state index in [2.05, 4.69) is 5.32 Å². The molecule has 4 atom stereocenters. The van der Waals surface area contributed by atoms with Gasteiger partial charge in [-0.25, -0.2) is 0 Å². The van der Waals surface area contributed by atoms with Gasteiger partial charge in [0.2, 0.25) is 11.8 Å². The number of rotatable bonds is 7. The maximum atomic E-state index is 13.5. The van der Waals surface area contributed by atoms with Crippen molar-refractivity contribution in [1.29, 1.82) is 0 Å². The van der Waals surface area contributed by atoms with Crippen LogP contribution in [0.2, 0.25) is 0 Å². The number of imide groups is 1. The monoisotopic (exact) mass is 452 g/mol. The Kier molecular flexibility index (Phi) is 6.12. The third kappa shape index (κ3) is 3.64. The SMILES string of the molecule is CCOC(=O)[C@]1(Cc2ccccc2)N[C@H](c2ccc(O)c(OC)c2)[C@H]2C(=O)N(CC)C(=O)[C@H]21. The van der Waals surface area contributed by atoms with Crippen LogP contribution in [0.25, 0.3) is 0 Å². The van der Waals surface area contributed by atoms with Gasteiger partial charge in [-0.3, -0.25) is 24.6 Å². The first kappa shape index (κ1) is 22.8. The quantitative estimate of drug-likeness (QED) is 0.490. The van der Waals surface area contributed by atoms with Crippen molar-refractivity contribution in [2.45, 2.75) is 31.8 Å². The van der Waals surface area contributed by atoms with Gasteiger partial charge in [-0.15, -0.1) is 0 Å². The molecule has 0 bridgehead atoms. The summed E-state index contributed by atoms with van der Waals surface area (Å²) in [7, 11) is 1.44. The lowest BCUT2D eigenvalue weighted by Crippen LogP contribution is -2.58. The summed E-state index contributed by atoms with van der Waals surface area (Å²) < 4.78 is 10.7. The van der Waals surface area contributed by atoms with Gasteiger partial charge in [-0.2, -0.15) is 0 Å². The number of aromatic hydroxyl groups is 1. The standard InChI is InChI=1S/C25H28N2O6/c1-4-27-22(29)19-20(23(27)30)25(24(31)33-5-2,14-15-9-7-6-8-10-15)26-21(19)16-11-12-17(28)18(13-16)32-3/h6-13,19-21,26,28H,4-5,14H2,1-3H3/t19-,20-,21+,25+/m0/s1. The molecule has 0 unspecified atom stereocenters. The van der Waals surface area contributed by atoms with Gasteiger partial charge in [0.05, 0.1) is 25.6 Å². The summed E-state index contributed by atoms with van der Waals surface area (Å²) in [5.41, 5.74) is 0.0583. The Hall–Kier alpha value is -3.39. The number of benzene rings is 2. The lowest BCUT2D eigenvalue weighted by molar-refractivity contribution is -0.156. The summed E-state index contributed by atoms with van der Waals surface area (Å²) in [6.07, 6.45) is 0.191. The Bertz CT molecular complexity index is 1070. The van der Waals surface area contributed by atoms with Crippen LogP contribution in [0.15, 0.2) is 48.5 Å². The summed E-state index contributed by atoms with van der Waals surface area (Å²) in [5, 5.41) is 13.4. The molecule has 0 spiro atoms. The highest BCUT2D eigenvalue weighted by atomic mass is 16.5. The van der Waals surface area contributed by atoms with Gasteiger partial charge < -0.3 is 14.6 Å². The summed E-state index contributed by atoms with van der Waals surface area (Å²) in [4.78, 5) is 41.6. The molecule has 8 heteroatoms. The van der Waals surface area contributed by atoms with Crippen molar-refractivity contribution in [3.05, 3.63) is 59.7 Å². The number of nitrogens with one attached hydrogen (secondary N) is 1. The van der Waals surface area contributed by atoms with E-state index in [0.717, 1.165) is 5.56 Å². The molecule has 0 aliphatic carbocycles. The zero-order valence-electron chi connectivity index (χ0n) is 18.9. The van der Waals surface area contributed by atoms with E-state index in [1.807, 2.05) is 30.3 Å². The Morgan fingerprint density at radius 3 is 2.48 bits per heavy atom. The smallest absolute Gasteiger partial charge is 0.327 e. The predicted octanol–water partition coefficient (Wildman–Crippen LogP) is 2.21. The van der Waals surface area contributed by atoms with E-state index in [0.29, 0.717) is 5.56 Å². The van der Waals surface area contributed by atoms with E-state index in [4.69, 9.17) is 9.47 Å². The highest BCUT2D eigenvalue weighted by Crippen LogP contribution is 2.51. The molecule has 4 rings (SSSR count). The summed E-state index contributed by atoms with van der Waals surface area (Å²) in [6.45, 7) is 3.82. The fourth-order valence-corrected chi connectivity index (χ4v) is 5.15. The molecule has 2 amide bonds. The molecule has 8 nitrogen and oxygen atoms in total. The minimum Gasteiger partial charge on any atom is -0.504 e. The van der Waals surface area contributed by atoms with Crippen molar-refractivity contribution in [3.8, 4) is 11.5 Å². The van der Waals surface area contributed by atoms with Crippen LogP contribution < -0.4 is 10.1 Å². The number of likely N-dealkylation sites (tertiary alicyclic amines) is 1. The Morgan fingerprint density at radius 2 is 1.85 bits per heavy atom. The van der Waals surface area contributed by atoms with E-state index in [1.54, 1.807) is 26.0 Å². The first-order valence-corrected chi connectivity index (χ1v) is 11.1. The van der Waals surface area contributed by atoms with Crippen LogP contribution in [0, 0.1) is 11.8 Å². The van der Waals surface area contributed by atoms with Gasteiger partial charge >= 0.3 is 5.97 Å². The van der Waals surface area contributed by atoms with Crippen LogP contribution in [0.5, 0.6) is 11.5 Å². The molecular weight excluding hydrogens is 424 g/mol. The van der Waals surface area contributed by atoms with E-state index in [1.165, 1.54) is 18.1 Å². The van der Waals surface area contributed by atoms with E-state index < -0.39 is 29.4 Å². The fourth-order valence-electron chi connectivity index (χ4n) is 5.15. The van der Waals surface area contributed by atoms with Crippen LogP contribution in [-0.4, -0.2) is 53.6 Å². The van der Waals surface area contributed by atoms with Crippen LogP contribution in [-0.2, 0) is 25.5 Å². The van der Waals surface area contributed by atoms with Crippen molar-refractivity contribution in [1.82, 2.24) is 10.2 Å². The average Bonchev–Trinajstić information content (AvgIpc) is 3.29. The lowest BCUT2D eigenvalue weighted by atomic mass is 9.76. The fraction of sp³-hybridized carbons (Fsp3) is 0.400. The van der Waals surface area contributed by atoms with E-state index in [9.17, 15) is 19.5 Å². The summed E-state index contributed by atoms with van der Waals surface area (Å²) in [6, 6.07) is 13.5. The van der Waals surface area contributed by atoms with Gasteiger partial charge in [0.1, 0.15) is 5.54 Å². The van der Waals surface area contributed by atoms with Crippen molar-refractivity contribution in [2.24, 2.45) is 11.8 Å². The maximum absolute atomic E-state index is 13.5. The van der Waals surface area contributed by atoms with Crippen LogP contribution >= 0.6 is 0 Å². The maximum Gasteiger partial charge on any atom is 0.327 e. The zero-order valence-corrected chi connectivity index (χ0v) is 18.9. The molecule has 174 valence electrons. The first-order chi connectivity index (χ1) is 15.9. The molecule has 2 aliphatic rings. The van der Waals surface area contributed by atoms with Gasteiger partial charge in [0, 0.05) is 19.0 Å². The lowest BCUT2D eigenvalue weighted by Gasteiger charge is -2.33. The first-order valence-electron chi connectivity index (χ1n) is 11.1. The second-order valence-corrected chi connectivity index (χ2v) is 8.33. The summed E-state index contributed by atoms with van der Waals surface area (Å²) in [5.74, 6) is -2.77. The number of hydrogen-bond acceptors (Lipinski definition) is 7. The van der Waals surface area contributed by atoms with Crippen molar-refractivity contribution in [3.63, 3.8) is 0 Å². The molecule has 2 heterocycles. The van der Waals surface area contributed by atoms with Crippen molar-refractivity contribution < 1.29 is 29.0 Å². The van der Waals surface area contributed by atoms with Crippen LogP contribution in [0.3, 0.4) is 0 Å². The van der Waals surface area contributed by atoms with Gasteiger partial charge in [-0.1, -0.05) is 36.4 Å². The van der Waals surface area contributed by atoms with E-state index in [-0.39, 0.29) is 42.9 Å². The molecule has 2 aromatic carbocycles. The molecule has 0 saturated carbocycles. The number of phenols is 1. The topological polar surface area (TPSA) is 105 Å². The molecule has 2 N–H and O–H groups in total. The van der Waals surface area contributed by atoms with Gasteiger partial charge in [0.15, 0.2) is 11.5 Å². The molecular formula is C25H28N2O6. The normalized spacial score (nSPS) is 26.4. The van der Waals surface area contributed by atoms with Crippen molar-refractivity contribution >= 4 is 17.8 Å². The number of nitrogens with zero attached hydrogens (tertiary/aromatic N) is 1. The molecule has 2 saturated heterocycles. The zero-order chi connectivity index (χ0) is 23.8. The molecule has 0 aromatic heterocycles. The number of phenolic OH excluding ortho intramolecular Hbond substituents is 1. The minimum atomic E-state index is -1.42. The Balaban J connectivity index is 1.88. The largest absolute Gasteiger partial charge is 0.504 e. The second kappa shape index (κ2) is 8.86. The highest BCUT2D eigenvalue weighted by molar-refractivity contribution is 6.09. The molecule has 2 aromatic rings. The van der Waals surface area contributed by atoms with E-state index >= 15 is 0 Å². The van der Waals surface area contributed by atoms with Crippen LogP contribution in [0.4, 0.5) is 0 Å². The van der Waals surface area contributed by atoms with Gasteiger partial charge in [0.25, 0.3) is 0 Å².